The molecular weight excluding hydrogens is 282 g/mol. The van der Waals surface area contributed by atoms with Crippen molar-refractivity contribution in [3.8, 4) is 0 Å². The normalized spacial score (nSPS) is 21.6. The molecule has 0 radical (unpaired) electrons. The molecule has 5 heteroatoms. The highest BCUT2D eigenvalue weighted by atomic mass is 32.1. The summed E-state index contributed by atoms with van der Waals surface area (Å²) in [6, 6.07) is 0. The van der Waals surface area contributed by atoms with Crippen LogP contribution in [0.25, 0.3) is 0 Å². The Hall–Kier alpha value is -0.650. The lowest BCUT2D eigenvalue weighted by molar-refractivity contribution is -0.133. The lowest BCUT2D eigenvalue weighted by Gasteiger charge is -2.47. The summed E-state index contributed by atoms with van der Waals surface area (Å²) in [4.78, 5) is 8.26. The predicted octanol–water partition coefficient (Wildman–Crippen LogP) is 3.43. The maximum Gasteiger partial charge on any atom is 0.185 e. The van der Waals surface area contributed by atoms with Crippen molar-refractivity contribution in [3.05, 3.63) is 11.1 Å². The van der Waals surface area contributed by atoms with Crippen LogP contribution in [0.15, 0.2) is 6.20 Å². The summed E-state index contributed by atoms with van der Waals surface area (Å²) >= 11 is 1.78. The van der Waals surface area contributed by atoms with Crippen LogP contribution in [0.1, 0.15) is 53.3 Å². The van der Waals surface area contributed by atoms with Crippen LogP contribution in [0.4, 0.5) is 5.13 Å². The van der Waals surface area contributed by atoms with Crippen LogP contribution >= 0.6 is 11.3 Å². The van der Waals surface area contributed by atoms with Gasteiger partial charge in [-0.2, -0.15) is 0 Å². The predicted molar refractivity (Wildman–Crippen MR) is 90.2 cm³/mol. The first kappa shape index (κ1) is 16.7. The molecule has 2 heterocycles. The van der Waals surface area contributed by atoms with E-state index >= 15 is 0 Å². The molecule has 0 saturated carbocycles. The summed E-state index contributed by atoms with van der Waals surface area (Å²) in [7, 11) is 0. The van der Waals surface area contributed by atoms with Crippen molar-refractivity contribution in [1.82, 2.24) is 10.3 Å². The number of nitrogens with one attached hydrogen (secondary N) is 1. The van der Waals surface area contributed by atoms with E-state index in [2.05, 4.69) is 63.7 Å². The molecule has 1 aliphatic rings. The fourth-order valence-corrected chi connectivity index (χ4v) is 3.65. The Morgan fingerprint density at radius 2 is 1.81 bits per heavy atom. The second-order valence-electron chi connectivity index (χ2n) is 8.19. The highest BCUT2D eigenvalue weighted by molar-refractivity contribution is 7.15. The van der Waals surface area contributed by atoms with Gasteiger partial charge in [0.1, 0.15) is 0 Å². The summed E-state index contributed by atoms with van der Waals surface area (Å²) < 4.78 is 6.13. The molecule has 120 valence electrons. The molecule has 1 aromatic heterocycles. The van der Waals surface area contributed by atoms with Crippen LogP contribution in [0.3, 0.4) is 0 Å². The second-order valence-corrected chi connectivity index (χ2v) is 9.28. The highest BCUT2D eigenvalue weighted by Gasteiger charge is 2.39. The van der Waals surface area contributed by atoms with Crippen LogP contribution < -0.4 is 10.2 Å². The van der Waals surface area contributed by atoms with Gasteiger partial charge in [-0.15, -0.1) is 11.3 Å². The van der Waals surface area contributed by atoms with Crippen molar-refractivity contribution in [2.75, 3.05) is 18.0 Å². The molecule has 0 unspecified atom stereocenters. The zero-order valence-electron chi connectivity index (χ0n) is 14.4. The first-order valence-corrected chi connectivity index (χ1v) is 8.42. The molecule has 2 rings (SSSR count). The van der Waals surface area contributed by atoms with E-state index in [0.717, 1.165) is 24.8 Å². The third-order valence-electron chi connectivity index (χ3n) is 3.30. The van der Waals surface area contributed by atoms with Crippen molar-refractivity contribution < 1.29 is 4.74 Å². The number of hydrogen-bond acceptors (Lipinski definition) is 5. The molecule has 0 bridgehead atoms. The Kier molecular flexibility index (Phi) is 4.40. The van der Waals surface area contributed by atoms with Gasteiger partial charge < -0.3 is 15.0 Å². The van der Waals surface area contributed by atoms with E-state index in [1.54, 1.807) is 11.3 Å². The molecule has 0 aromatic carbocycles. The van der Waals surface area contributed by atoms with E-state index in [4.69, 9.17) is 4.74 Å². The van der Waals surface area contributed by atoms with Gasteiger partial charge in [-0.3, -0.25) is 0 Å². The van der Waals surface area contributed by atoms with Gasteiger partial charge in [-0.1, -0.05) is 0 Å². The molecule has 4 nitrogen and oxygen atoms in total. The Bertz CT molecular complexity index is 472. The first-order chi connectivity index (χ1) is 9.46. The van der Waals surface area contributed by atoms with Crippen molar-refractivity contribution in [2.45, 2.75) is 71.8 Å². The first-order valence-electron chi connectivity index (χ1n) is 7.61. The van der Waals surface area contributed by atoms with Gasteiger partial charge in [0.25, 0.3) is 0 Å². The van der Waals surface area contributed by atoms with Gasteiger partial charge in [-0.25, -0.2) is 4.98 Å². The number of morpholine rings is 1. The number of thiazole rings is 1. The van der Waals surface area contributed by atoms with Gasteiger partial charge in [0.05, 0.1) is 11.2 Å². The minimum absolute atomic E-state index is 0.132. The third-order valence-corrected chi connectivity index (χ3v) is 4.36. The zero-order chi connectivity index (χ0) is 15.9. The van der Waals surface area contributed by atoms with Gasteiger partial charge >= 0.3 is 0 Å². The fraction of sp³-hybridized carbons (Fsp3) is 0.812. The Labute approximate surface area is 132 Å². The lowest BCUT2D eigenvalue weighted by atomic mass is 9.99. The molecule has 0 aliphatic carbocycles. The molecule has 1 aliphatic heterocycles. The maximum absolute atomic E-state index is 6.13. The van der Waals surface area contributed by atoms with Gasteiger partial charge in [0.15, 0.2) is 5.13 Å². The monoisotopic (exact) mass is 311 g/mol. The molecule has 1 aromatic rings. The fourth-order valence-electron chi connectivity index (χ4n) is 2.80. The zero-order valence-corrected chi connectivity index (χ0v) is 15.2. The molecule has 1 N–H and O–H groups in total. The molecule has 0 atom stereocenters. The summed E-state index contributed by atoms with van der Waals surface area (Å²) in [6.07, 6.45) is 1.99. The van der Waals surface area contributed by atoms with E-state index in [0.29, 0.717) is 0 Å². The van der Waals surface area contributed by atoms with Crippen LogP contribution in [-0.4, -0.2) is 34.8 Å². The van der Waals surface area contributed by atoms with E-state index in [1.807, 2.05) is 6.20 Å². The van der Waals surface area contributed by atoms with E-state index in [1.165, 1.54) is 4.88 Å². The van der Waals surface area contributed by atoms with Crippen molar-refractivity contribution in [1.29, 1.82) is 0 Å². The number of nitrogens with zero attached hydrogens (tertiary/aromatic N) is 2. The summed E-state index contributed by atoms with van der Waals surface area (Å²) in [5, 5.41) is 4.62. The SMILES string of the molecule is CC(C)(C)NCc1cnc(N2CC(C)(C)OC(C)(C)C2)s1. The quantitative estimate of drug-likeness (QED) is 0.928. The smallest absolute Gasteiger partial charge is 0.185 e. The Morgan fingerprint density at radius 1 is 1.24 bits per heavy atom. The molecule has 1 fully saturated rings. The van der Waals surface area contributed by atoms with Gasteiger partial charge in [0.2, 0.25) is 0 Å². The van der Waals surface area contributed by atoms with Crippen molar-refractivity contribution in [2.24, 2.45) is 0 Å². The average Bonchev–Trinajstić information content (AvgIpc) is 2.69. The summed E-state index contributed by atoms with van der Waals surface area (Å²) in [5.74, 6) is 0. The number of rotatable bonds is 3. The number of ether oxygens (including phenoxy) is 1. The van der Waals surface area contributed by atoms with E-state index < -0.39 is 0 Å². The number of anilines is 1. The Morgan fingerprint density at radius 3 is 2.33 bits per heavy atom. The van der Waals surface area contributed by atoms with Gasteiger partial charge in [0, 0.05) is 36.2 Å². The molecule has 21 heavy (non-hydrogen) atoms. The van der Waals surface area contributed by atoms with Crippen molar-refractivity contribution >= 4 is 16.5 Å². The van der Waals surface area contributed by atoms with Crippen LogP contribution in [0.5, 0.6) is 0 Å². The van der Waals surface area contributed by atoms with Gasteiger partial charge in [-0.05, 0) is 48.5 Å². The molecule has 0 spiro atoms. The Balaban J connectivity index is 2.07. The summed E-state index contributed by atoms with van der Waals surface area (Å²) in [6.45, 7) is 17.8. The van der Waals surface area contributed by atoms with Crippen molar-refractivity contribution in [3.63, 3.8) is 0 Å². The highest BCUT2D eigenvalue weighted by Crippen LogP contribution is 2.33. The standard InChI is InChI=1S/C16H29N3OS/c1-14(2,3)18-9-12-8-17-13(21-12)19-10-15(4,5)20-16(6,7)11-19/h8,18H,9-11H2,1-7H3. The maximum atomic E-state index is 6.13. The lowest BCUT2D eigenvalue weighted by Crippen LogP contribution is -2.57. The van der Waals surface area contributed by atoms with Crippen LogP contribution in [0.2, 0.25) is 0 Å². The van der Waals surface area contributed by atoms with E-state index in [9.17, 15) is 0 Å². The average molecular weight is 311 g/mol. The third kappa shape index (κ3) is 4.94. The van der Waals surface area contributed by atoms with E-state index in [-0.39, 0.29) is 16.7 Å². The minimum atomic E-state index is -0.142. The van der Waals surface area contributed by atoms with Crippen LogP contribution in [0, 0.1) is 0 Å². The topological polar surface area (TPSA) is 37.4 Å². The molecule has 0 amide bonds. The minimum Gasteiger partial charge on any atom is -0.366 e. The molecular formula is C16H29N3OS. The number of hydrogen-bond donors (Lipinski definition) is 1. The molecule has 1 saturated heterocycles. The van der Waals surface area contributed by atoms with Crippen LogP contribution in [-0.2, 0) is 11.3 Å². The second kappa shape index (κ2) is 5.52. The summed E-state index contributed by atoms with van der Waals surface area (Å²) in [5.41, 5.74) is -0.151. The largest absolute Gasteiger partial charge is 0.366 e. The number of aromatic nitrogens is 1.